The summed E-state index contributed by atoms with van der Waals surface area (Å²) in [6, 6.07) is 11.1. The second kappa shape index (κ2) is 8.09. The highest BCUT2D eigenvalue weighted by atomic mass is 32.2. The van der Waals surface area contributed by atoms with Crippen LogP contribution in [0.2, 0.25) is 0 Å². The van der Waals surface area contributed by atoms with Crippen LogP contribution in [-0.2, 0) is 26.2 Å². The van der Waals surface area contributed by atoms with Gasteiger partial charge in [0.05, 0.1) is 11.8 Å². The number of rotatable bonds is 6. The molecule has 2 aromatic rings. The molecule has 1 amide bonds. The average molecular weight is 415 g/mol. The molecular formula is C20H21N3O5S. The van der Waals surface area contributed by atoms with E-state index in [0.717, 1.165) is 20.6 Å². The van der Waals surface area contributed by atoms with Crippen molar-refractivity contribution in [1.29, 1.82) is 5.26 Å². The number of hydrogen-bond donors (Lipinski definition) is 1. The van der Waals surface area contributed by atoms with Gasteiger partial charge in [-0.05, 0) is 48.2 Å². The van der Waals surface area contributed by atoms with Crippen LogP contribution in [0.3, 0.4) is 0 Å². The Morgan fingerprint density at radius 2 is 2.07 bits per heavy atom. The minimum Gasteiger partial charge on any atom is -0.424 e. The van der Waals surface area contributed by atoms with E-state index in [-0.39, 0.29) is 30.3 Å². The first-order chi connectivity index (χ1) is 13.7. The number of aryl methyl sites for hydroxylation is 1. The Labute approximate surface area is 169 Å². The van der Waals surface area contributed by atoms with E-state index in [0.29, 0.717) is 12.8 Å². The standard InChI is InChI=1S/C20H21N3O5S/c1-3-20(25)28-18-10-15-7-6-14(5-4-13(2)11-21)8-16(15)9-17(18)23-12-19(24)22-29(23,26)27/h6-10,13H,3-5,12H2,1-2H3,(H,22,24). The van der Waals surface area contributed by atoms with Crippen LogP contribution in [0.4, 0.5) is 5.69 Å². The number of ether oxygens (including phenoxy) is 1. The van der Waals surface area contributed by atoms with Gasteiger partial charge in [-0.25, -0.2) is 9.03 Å². The summed E-state index contributed by atoms with van der Waals surface area (Å²) in [4.78, 5) is 23.5. The number of hydrogen-bond acceptors (Lipinski definition) is 6. The SMILES string of the molecule is CCC(=O)Oc1cc2ccc(CCC(C)C#N)cc2cc1N1CC(=O)NS1(=O)=O. The van der Waals surface area contributed by atoms with Crippen molar-refractivity contribution in [2.75, 3.05) is 10.8 Å². The zero-order valence-corrected chi connectivity index (χ0v) is 17.0. The summed E-state index contributed by atoms with van der Waals surface area (Å²) in [5.41, 5.74) is 1.13. The molecule has 0 aromatic heterocycles. The number of benzene rings is 2. The van der Waals surface area contributed by atoms with Gasteiger partial charge in [-0.1, -0.05) is 25.1 Å². The molecule has 2 aromatic carbocycles. The molecule has 8 nitrogen and oxygen atoms in total. The molecule has 0 spiro atoms. The first-order valence-corrected chi connectivity index (χ1v) is 10.7. The highest BCUT2D eigenvalue weighted by Gasteiger charge is 2.36. The molecule has 1 aliphatic rings. The average Bonchev–Trinajstić information content (AvgIpc) is 2.97. The fourth-order valence-electron chi connectivity index (χ4n) is 3.05. The maximum atomic E-state index is 12.3. The smallest absolute Gasteiger partial charge is 0.326 e. The fraction of sp³-hybridized carbons (Fsp3) is 0.350. The van der Waals surface area contributed by atoms with E-state index in [1.807, 2.05) is 29.8 Å². The summed E-state index contributed by atoms with van der Waals surface area (Å²) in [5.74, 6) is -1.15. The molecule has 0 radical (unpaired) electrons. The molecule has 0 saturated carbocycles. The van der Waals surface area contributed by atoms with Gasteiger partial charge in [0, 0.05) is 12.3 Å². The number of esters is 1. The van der Waals surface area contributed by atoms with Crippen LogP contribution in [0.5, 0.6) is 5.75 Å². The Morgan fingerprint density at radius 1 is 1.31 bits per heavy atom. The lowest BCUT2D eigenvalue weighted by molar-refractivity contribution is -0.134. The lowest BCUT2D eigenvalue weighted by Gasteiger charge is -2.19. The van der Waals surface area contributed by atoms with Crippen molar-refractivity contribution >= 4 is 38.5 Å². The number of anilines is 1. The first-order valence-electron chi connectivity index (χ1n) is 9.23. The minimum atomic E-state index is -4.05. The minimum absolute atomic E-state index is 0.0658. The summed E-state index contributed by atoms with van der Waals surface area (Å²) in [7, 11) is -4.05. The predicted octanol–water partition coefficient (Wildman–Crippen LogP) is 2.43. The quantitative estimate of drug-likeness (QED) is 0.572. The van der Waals surface area contributed by atoms with Gasteiger partial charge in [-0.3, -0.25) is 9.59 Å². The molecule has 0 aliphatic carbocycles. The molecule has 9 heteroatoms. The second-order valence-corrected chi connectivity index (χ2v) is 8.53. The number of nitrogens with zero attached hydrogens (tertiary/aromatic N) is 2. The monoisotopic (exact) mass is 415 g/mol. The lowest BCUT2D eigenvalue weighted by atomic mass is 9.99. The van der Waals surface area contributed by atoms with Crippen molar-refractivity contribution < 1.29 is 22.7 Å². The molecular weight excluding hydrogens is 394 g/mol. The molecule has 1 unspecified atom stereocenters. The van der Waals surface area contributed by atoms with Crippen molar-refractivity contribution in [2.24, 2.45) is 5.92 Å². The Kier molecular flexibility index (Phi) is 5.75. The third kappa shape index (κ3) is 4.49. The summed E-state index contributed by atoms with van der Waals surface area (Å²) in [6.07, 6.45) is 1.53. The molecule has 29 heavy (non-hydrogen) atoms. The summed E-state index contributed by atoms with van der Waals surface area (Å²) in [6.45, 7) is 3.11. The molecule has 1 fully saturated rings. The van der Waals surface area contributed by atoms with Crippen molar-refractivity contribution in [2.45, 2.75) is 33.1 Å². The first kappa shape index (κ1) is 20.6. The normalized spacial score (nSPS) is 16.3. The van der Waals surface area contributed by atoms with Gasteiger partial charge in [-0.15, -0.1) is 0 Å². The number of amides is 1. The third-order valence-electron chi connectivity index (χ3n) is 4.67. The van der Waals surface area contributed by atoms with Crippen molar-refractivity contribution in [3.05, 3.63) is 35.9 Å². The molecule has 1 N–H and O–H groups in total. The summed E-state index contributed by atoms with van der Waals surface area (Å²) < 4.78 is 32.8. The fourth-order valence-corrected chi connectivity index (χ4v) is 4.20. The highest BCUT2D eigenvalue weighted by Crippen LogP contribution is 2.36. The van der Waals surface area contributed by atoms with Gasteiger partial charge in [-0.2, -0.15) is 13.7 Å². The van der Waals surface area contributed by atoms with E-state index >= 15 is 0 Å². The van der Waals surface area contributed by atoms with Crippen LogP contribution < -0.4 is 13.8 Å². The van der Waals surface area contributed by atoms with Gasteiger partial charge in [0.25, 0.3) is 5.91 Å². The molecule has 1 aliphatic heterocycles. The van der Waals surface area contributed by atoms with Gasteiger partial charge in [0.15, 0.2) is 5.75 Å². The molecule has 0 bridgehead atoms. The Bertz CT molecular complexity index is 1120. The summed E-state index contributed by atoms with van der Waals surface area (Å²) in [5, 5.41) is 10.5. The van der Waals surface area contributed by atoms with Crippen LogP contribution in [0.1, 0.15) is 32.3 Å². The van der Waals surface area contributed by atoms with Crippen molar-refractivity contribution in [1.82, 2.24) is 4.72 Å². The van der Waals surface area contributed by atoms with Crippen molar-refractivity contribution in [3.63, 3.8) is 0 Å². The van der Waals surface area contributed by atoms with Crippen LogP contribution in [0.25, 0.3) is 10.8 Å². The van der Waals surface area contributed by atoms with E-state index in [9.17, 15) is 18.0 Å². The van der Waals surface area contributed by atoms with Gasteiger partial charge in [0.1, 0.15) is 6.54 Å². The number of carbonyl (C=O) groups excluding carboxylic acids is 2. The van der Waals surface area contributed by atoms with E-state index in [2.05, 4.69) is 6.07 Å². The predicted molar refractivity (Wildman–Crippen MR) is 107 cm³/mol. The van der Waals surface area contributed by atoms with E-state index in [1.165, 1.54) is 0 Å². The number of fused-ring (bicyclic) bond motifs is 1. The van der Waals surface area contributed by atoms with Crippen LogP contribution in [-0.4, -0.2) is 26.8 Å². The van der Waals surface area contributed by atoms with Crippen LogP contribution in [0, 0.1) is 17.2 Å². The highest BCUT2D eigenvalue weighted by molar-refractivity contribution is 7.92. The van der Waals surface area contributed by atoms with Gasteiger partial charge < -0.3 is 4.74 Å². The van der Waals surface area contributed by atoms with Crippen LogP contribution in [0.15, 0.2) is 30.3 Å². The second-order valence-electron chi connectivity index (χ2n) is 6.93. The van der Waals surface area contributed by atoms with Gasteiger partial charge >= 0.3 is 16.2 Å². The van der Waals surface area contributed by atoms with E-state index in [4.69, 9.17) is 10.00 Å². The molecule has 152 valence electrons. The van der Waals surface area contributed by atoms with Crippen LogP contribution >= 0.6 is 0 Å². The zero-order valence-electron chi connectivity index (χ0n) is 16.1. The molecule has 1 saturated heterocycles. The van der Waals surface area contributed by atoms with Crippen molar-refractivity contribution in [3.8, 4) is 11.8 Å². The molecule has 1 heterocycles. The Balaban J connectivity index is 2.07. The Hall–Kier alpha value is -3.12. The topological polar surface area (TPSA) is 117 Å². The molecule has 3 rings (SSSR count). The van der Waals surface area contributed by atoms with E-state index in [1.54, 1.807) is 19.1 Å². The van der Waals surface area contributed by atoms with Gasteiger partial charge in [0.2, 0.25) is 0 Å². The zero-order chi connectivity index (χ0) is 21.2. The number of carbonyl (C=O) groups is 2. The maximum Gasteiger partial charge on any atom is 0.326 e. The summed E-state index contributed by atoms with van der Waals surface area (Å²) >= 11 is 0. The largest absolute Gasteiger partial charge is 0.424 e. The van der Waals surface area contributed by atoms with E-state index < -0.39 is 22.1 Å². The number of nitriles is 1. The maximum absolute atomic E-state index is 12.3. The molecule has 1 atom stereocenters. The third-order valence-corrected chi connectivity index (χ3v) is 6.06. The lowest BCUT2D eigenvalue weighted by Crippen LogP contribution is -2.30. The number of nitrogens with one attached hydrogen (secondary N) is 1. The Morgan fingerprint density at radius 3 is 2.69 bits per heavy atom.